The van der Waals surface area contributed by atoms with Crippen LogP contribution in [0, 0.1) is 0 Å². The number of hydrogen-bond acceptors (Lipinski definition) is 4. The van der Waals surface area contributed by atoms with Gasteiger partial charge < -0.3 is 9.47 Å². The summed E-state index contributed by atoms with van der Waals surface area (Å²) < 4.78 is 11.7. The van der Waals surface area contributed by atoms with Crippen LogP contribution in [0.25, 0.3) is 0 Å². The van der Waals surface area contributed by atoms with Gasteiger partial charge in [0, 0.05) is 6.42 Å². The van der Waals surface area contributed by atoms with Crippen LogP contribution in [0.3, 0.4) is 0 Å². The minimum absolute atomic E-state index is 0.221. The Balaban J connectivity index is 2.15. The SMILES string of the molecule is C=C1[C@@H](c2ccccc2)[C@@]2(C(=O)OC(C)(C)C)O[C@]1(C)CCC2=O. The summed E-state index contributed by atoms with van der Waals surface area (Å²) in [6.07, 6.45) is 0.830. The lowest BCUT2D eigenvalue weighted by Crippen LogP contribution is -2.56. The Bertz CT molecular complexity index is 700. The fraction of sp³-hybridized carbons (Fsp3) is 0.500. The highest BCUT2D eigenvalue weighted by Crippen LogP contribution is 2.57. The van der Waals surface area contributed by atoms with Crippen LogP contribution >= 0.6 is 0 Å². The van der Waals surface area contributed by atoms with Crippen molar-refractivity contribution < 1.29 is 19.1 Å². The van der Waals surface area contributed by atoms with Crippen molar-refractivity contribution in [3.63, 3.8) is 0 Å². The summed E-state index contributed by atoms with van der Waals surface area (Å²) in [5, 5.41) is 0. The van der Waals surface area contributed by atoms with Crippen molar-refractivity contribution in [2.75, 3.05) is 0 Å². The number of rotatable bonds is 2. The van der Waals surface area contributed by atoms with E-state index in [-0.39, 0.29) is 12.2 Å². The number of carbonyl (C=O) groups is 2. The summed E-state index contributed by atoms with van der Waals surface area (Å²) in [5.74, 6) is -1.35. The molecule has 0 saturated carbocycles. The van der Waals surface area contributed by atoms with Gasteiger partial charge in [-0.15, -0.1) is 0 Å². The van der Waals surface area contributed by atoms with E-state index in [1.807, 2.05) is 37.3 Å². The number of Topliss-reactive ketones (excluding diaryl/α,β-unsaturated/α-hetero) is 1. The molecular weight excluding hydrogens is 304 g/mol. The van der Waals surface area contributed by atoms with Crippen LogP contribution in [-0.4, -0.2) is 28.6 Å². The lowest BCUT2D eigenvalue weighted by atomic mass is 9.76. The van der Waals surface area contributed by atoms with Crippen LogP contribution in [0.4, 0.5) is 0 Å². The number of ketones is 1. The lowest BCUT2D eigenvalue weighted by molar-refractivity contribution is -0.198. The monoisotopic (exact) mass is 328 g/mol. The molecule has 0 aromatic heterocycles. The van der Waals surface area contributed by atoms with Crippen LogP contribution < -0.4 is 0 Å². The first-order valence-corrected chi connectivity index (χ1v) is 8.31. The van der Waals surface area contributed by atoms with Crippen molar-refractivity contribution in [2.24, 2.45) is 0 Å². The fourth-order valence-electron chi connectivity index (χ4n) is 3.71. The Morgan fingerprint density at radius 2 is 1.92 bits per heavy atom. The number of ether oxygens (including phenoxy) is 2. The van der Waals surface area contributed by atoms with Crippen LogP contribution in [0.15, 0.2) is 42.5 Å². The summed E-state index contributed by atoms with van der Waals surface area (Å²) in [6, 6.07) is 9.49. The zero-order valence-corrected chi connectivity index (χ0v) is 14.7. The number of hydrogen-bond donors (Lipinski definition) is 0. The van der Waals surface area contributed by atoms with Crippen molar-refractivity contribution in [3.05, 3.63) is 48.0 Å². The van der Waals surface area contributed by atoms with Gasteiger partial charge in [0.1, 0.15) is 5.60 Å². The second-order valence-corrected chi connectivity index (χ2v) is 7.86. The summed E-state index contributed by atoms with van der Waals surface area (Å²) in [5.41, 5.74) is -1.39. The molecule has 2 fully saturated rings. The molecule has 24 heavy (non-hydrogen) atoms. The average molecular weight is 328 g/mol. The van der Waals surface area contributed by atoms with Gasteiger partial charge in [0.2, 0.25) is 5.60 Å². The molecule has 0 spiro atoms. The Kier molecular flexibility index (Phi) is 3.72. The first-order chi connectivity index (χ1) is 11.1. The van der Waals surface area contributed by atoms with Gasteiger partial charge in [-0.05, 0) is 45.3 Å². The quantitative estimate of drug-likeness (QED) is 0.473. The third-order valence-corrected chi connectivity index (χ3v) is 4.90. The molecule has 2 bridgehead atoms. The van der Waals surface area contributed by atoms with Crippen molar-refractivity contribution in [1.29, 1.82) is 0 Å². The maximum atomic E-state index is 13.1. The second-order valence-electron chi connectivity index (χ2n) is 7.86. The minimum Gasteiger partial charge on any atom is -0.457 e. The van der Waals surface area contributed by atoms with E-state index in [2.05, 4.69) is 6.58 Å². The van der Waals surface area contributed by atoms with Gasteiger partial charge >= 0.3 is 5.97 Å². The molecular formula is C20H24O4. The van der Waals surface area contributed by atoms with E-state index in [9.17, 15) is 9.59 Å². The van der Waals surface area contributed by atoms with Crippen LogP contribution in [0.5, 0.6) is 0 Å². The molecule has 3 atom stereocenters. The number of carbonyl (C=O) groups excluding carboxylic acids is 2. The molecule has 0 radical (unpaired) electrons. The van der Waals surface area contributed by atoms with E-state index < -0.39 is 28.7 Å². The van der Waals surface area contributed by atoms with Gasteiger partial charge in [0.25, 0.3) is 0 Å². The number of benzene rings is 1. The normalized spacial score (nSPS) is 32.8. The maximum absolute atomic E-state index is 13.1. The average Bonchev–Trinajstić information content (AvgIpc) is 2.70. The molecule has 0 unspecified atom stereocenters. The maximum Gasteiger partial charge on any atom is 0.347 e. The van der Waals surface area contributed by atoms with Crippen molar-refractivity contribution in [3.8, 4) is 0 Å². The van der Waals surface area contributed by atoms with Gasteiger partial charge in [0.15, 0.2) is 5.78 Å². The highest BCUT2D eigenvalue weighted by atomic mass is 16.6. The molecule has 0 aliphatic carbocycles. The second kappa shape index (κ2) is 5.28. The summed E-state index contributed by atoms with van der Waals surface area (Å²) in [4.78, 5) is 26.0. The molecule has 2 aliphatic heterocycles. The van der Waals surface area contributed by atoms with Crippen LogP contribution in [0.2, 0.25) is 0 Å². The molecule has 4 heteroatoms. The van der Waals surface area contributed by atoms with Crippen molar-refractivity contribution in [2.45, 2.75) is 63.3 Å². The highest BCUT2D eigenvalue weighted by molar-refractivity contribution is 6.10. The van der Waals surface area contributed by atoms with Gasteiger partial charge in [0.05, 0.1) is 11.5 Å². The summed E-state index contributed by atoms with van der Waals surface area (Å²) in [6.45, 7) is 11.5. The van der Waals surface area contributed by atoms with Gasteiger partial charge in [-0.3, -0.25) is 4.79 Å². The van der Waals surface area contributed by atoms with Gasteiger partial charge in [-0.1, -0.05) is 36.9 Å². The molecule has 0 N–H and O–H groups in total. The van der Waals surface area contributed by atoms with Gasteiger partial charge in [-0.2, -0.15) is 0 Å². The van der Waals surface area contributed by atoms with E-state index in [1.54, 1.807) is 20.8 Å². The van der Waals surface area contributed by atoms with E-state index in [0.717, 1.165) is 11.1 Å². The molecule has 1 aromatic carbocycles. The molecule has 3 rings (SSSR count). The van der Waals surface area contributed by atoms with E-state index >= 15 is 0 Å². The molecule has 2 saturated heterocycles. The van der Waals surface area contributed by atoms with Gasteiger partial charge in [-0.25, -0.2) is 4.79 Å². The predicted octanol–water partition coefficient (Wildman–Crippen LogP) is 3.56. The first kappa shape index (κ1) is 16.9. The van der Waals surface area contributed by atoms with Crippen LogP contribution in [0.1, 0.15) is 52.0 Å². The van der Waals surface area contributed by atoms with E-state index in [4.69, 9.17) is 9.47 Å². The highest BCUT2D eigenvalue weighted by Gasteiger charge is 2.68. The number of esters is 1. The summed E-state index contributed by atoms with van der Waals surface area (Å²) in [7, 11) is 0. The first-order valence-electron chi connectivity index (χ1n) is 8.31. The fourth-order valence-corrected chi connectivity index (χ4v) is 3.71. The largest absolute Gasteiger partial charge is 0.457 e. The van der Waals surface area contributed by atoms with E-state index in [1.165, 1.54) is 0 Å². The smallest absolute Gasteiger partial charge is 0.347 e. The van der Waals surface area contributed by atoms with Crippen molar-refractivity contribution >= 4 is 11.8 Å². The molecule has 4 nitrogen and oxygen atoms in total. The molecule has 0 amide bonds. The zero-order chi connectivity index (χ0) is 17.8. The molecule has 128 valence electrons. The Labute approximate surface area is 142 Å². The third kappa shape index (κ3) is 2.40. The Morgan fingerprint density at radius 3 is 2.50 bits per heavy atom. The van der Waals surface area contributed by atoms with Crippen LogP contribution in [-0.2, 0) is 19.1 Å². The molecule has 2 aliphatic rings. The van der Waals surface area contributed by atoms with E-state index in [0.29, 0.717) is 6.42 Å². The Hall–Kier alpha value is -1.94. The topological polar surface area (TPSA) is 52.6 Å². The molecule has 2 heterocycles. The van der Waals surface area contributed by atoms with Crippen molar-refractivity contribution in [1.82, 2.24) is 0 Å². The number of fused-ring (bicyclic) bond motifs is 2. The zero-order valence-electron chi connectivity index (χ0n) is 14.7. The minimum atomic E-state index is -1.63. The third-order valence-electron chi connectivity index (χ3n) is 4.90. The Morgan fingerprint density at radius 1 is 1.29 bits per heavy atom. The molecule has 1 aromatic rings. The lowest BCUT2D eigenvalue weighted by Gasteiger charge is -2.37. The predicted molar refractivity (Wildman–Crippen MR) is 90.6 cm³/mol. The standard InChI is InChI=1S/C20H24O4/c1-13-16(14-9-7-6-8-10-14)20(17(22)23-18(2,3)4)15(21)11-12-19(13,5)24-20/h6-10,16H,1,11-12H2,2-5H3/t16-,19+,20-/m0/s1. The summed E-state index contributed by atoms with van der Waals surface area (Å²) >= 11 is 0.